The Labute approximate surface area is 126 Å². The Morgan fingerprint density at radius 2 is 1.85 bits per heavy atom. The quantitative estimate of drug-likeness (QED) is 0.820. The molecule has 6 heteroatoms. The van der Waals surface area contributed by atoms with Gasteiger partial charge < -0.3 is 11.1 Å². The lowest BCUT2D eigenvalue weighted by molar-refractivity contribution is -0.116. The van der Waals surface area contributed by atoms with E-state index >= 15 is 0 Å². The Balaban J connectivity index is 2.64. The molecule has 0 bridgehead atoms. The van der Waals surface area contributed by atoms with Gasteiger partial charge in [-0.1, -0.05) is 29.8 Å². The second-order valence-corrected chi connectivity index (χ2v) is 6.41. The van der Waals surface area contributed by atoms with E-state index in [-0.39, 0.29) is 16.3 Å². The van der Waals surface area contributed by atoms with Crippen LogP contribution in [-0.2, 0) is 4.79 Å². The third kappa shape index (κ3) is 5.17. The van der Waals surface area contributed by atoms with Crippen LogP contribution in [0.3, 0.4) is 0 Å². The largest absolute Gasteiger partial charge is 0.330 e. The molecule has 0 atom stereocenters. The maximum absolute atomic E-state index is 13.6. The highest BCUT2D eigenvalue weighted by Gasteiger charge is 2.19. The number of carbonyl (C=O) groups excluding carboxylic acids is 1. The number of halogens is 3. The van der Waals surface area contributed by atoms with Gasteiger partial charge in [-0.25, -0.2) is 8.78 Å². The van der Waals surface area contributed by atoms with Crippen LogP contribution in [0, 0.1) is 17.0 Å². The van der Waals surface area contributed by atoms with Gasteiger partial charge >= 0.3 is 0 Å². The number of hydrogen-bond donors (Lipinski definition) is 2. The fourth-order valence-corrected chi connectivity index (χ4v) is 2.23. The molecule has 0 spiro atoms. The zero-order valence-electron chi connectivity index (χ0n) is 11.6. The Hall–Kier alpha value is -1.01. The zero-order chi connectivity index (χ0) is 15.3. The van der Waals surface area contributed by atoms with Crippen molar-refractivity contribution in [2.24, 2.45) is 11.1 Å². The Kier molecular flexibility index (Phi) is 6.07. The van der Waals surface area contributed by atoms with Crippen LogP contribution in [0.15, 0.2) is 16.6 Å². The molecule has 0 saturated heterocycles. The van der Waals surface area contributed by atoms with E-state index in [0.29, 0.717) is 13.0 Å². The van der Waals surface area contributed by atoms with Gasteiger partial charge in [-0.3, -0.25) is 4.79 Å². The number of rotatable bonds is 6. The average molecular weight is 349 g/mol. The van der Waals surface area contributed by atoms with Crippen LogP contribution in [0.4, 0.5) is 14.5 Å². The van der Waals surface area contributed by atoms with Crippen molar-refractivity contribution >= 4 is 27.5 Å². The summed E-state index contributed by atoms with van der Waals surface area (Å²) in [5.41, 5.74) is 5.02. The highest BCUT2D eigenvalue weighted by Crippen LogP contribution is 2.27. The molecule has 0 aliphatic heterocycles. The molecule has 0 aliphatic rings. The smallest absolute Gasteiger partial charge is 0.224 e. The van der Waals surface area contributed by atoms with Gasteiger partial charge in [0.15, 0.2) is 11.6 Å². The maximum Gasteiger partial charge on any atom is 0.224 e. The van der Waals surface area contributed by atoms with E-state index in [1.165, 1.54) is 0 Å². The monoisotopic (exact) mass is 348 g/mol. The van der Waals surface area contributed by atoms with Crippen molar-refractivity contribution in [1.82, 2.24) is 0 Å². The minimum atomic E-state index is -0.800. The molecule has 0 aliphatic carbocycles. The molecule has 1 aromatic rings. The summed E-state index contributed by atoms with van der Waals surface area (Å²) in [6, 6.07) is 2.22. The van der Waals surface area contributed by atoms with Gasteiger partial charge in [-0.05, 0) is 36.9 Å². The number of nitrogens with one attached hydrogen (secondary N) is 1. The lowest BCUT2D eigenvalue weighted by Gasteiger charge is -2.23. The summed E-state index contributed by atoms with van der Waals surface area (Å²) in [4.78, 5) is 11.8. The minimum absolute atomic E-state index is 0.0666. The van der Waals surface area contributed by atoms with Crippen LogP contribution in [0.25, 0.3) is 0 Å². The number of benzene rings is 1. The van der Waals surface area contributed by atoms with Crippen LogP contribution in [0.1, 0.15) is 33.1 Å². The van der Waals surface area contributed by atoms with Gasteiger partial charge in [0, 0.05) is 10.9 Å². The van der Waals surface area contributed by atoms with Crippen molar-refractivity contribution in [3.05, 3.63) is 28.2 Å². The fourth-order valence-electron chi connectivity index (χ4n) is 1.83. The van der Waals surface area contributed by atoms with Crippen molar-refractivity contribution in [1.29, 1.82) is 0 Å². The normalized spacial score (nSPS) is 11.5. The molecule has 3 N–H and O–H groups in total. The third-order valence-corrected chi connectivity index (χ3v) is 3.58. The van der Waals surface area contributed by atoms with E-state index < -0.39 is 23.2 Å². The molecular formula is C14H19BrF2N2O. The van der Waals surface area contributed by atoms with Gasteiger partial charge in [0.25, 0.3) is 0 Å². The number of anilines is 1. The van der Waals surface area contributed by atoms with E-state index in [1.54, 1.807) is 0 Å². The standard InChI is InChI=1S/C14H19BrF2N2O/c1-14(2,5-6-18)4-3-12(20)19-13-10(16)7-9(15)8-11(13)17/h7-8H,3-6,18H2,1-2H3,(H,19,20). The fraction of sp³-hybridized carbons (Fsp3) is 0.500. The summed E-state index contributed by atoms with van der Waals surface area (Å²) in [6.45, 7) is 4.56. The van der Waals surface area contributed by atoms with Crippen LogP contribution in [0.2, 0.25) is 0 Å². The summed E-state index contributed by atoms with van der Waals surface area (Å²) in [5.74, 6) is -2.01. The molecule has 0 unspecified atom stereocenters. The summed E-state index contributed by atoms with van der Waals surface area (Å²) in [6.07, 6.45) is 1.60. The van der Waals surface area contributed by atoms with Gasteiger partial charge in [0.05, 0.1) is 0 Å². The summed E-state index contributed by atoms with van der Waals surface area (Å²) in [5, 5.41) is 2.28. The number of carbonyl (C=O) groups is 1. The highest BCUT2D eigenvalue weighted by atomic mass is 79.9. The summed E-state index contributed by atoms with van der Waals surface area (Å²) < 4.78 is 27.4. The van der Waals surface area contributed by atoms with Crippen LogP contribution in [0.5, 0.6) is 0 Å². The van der Waals surface area contributed by atoms with Crippen molar-refractivity contribution in [3.8, 4) is 0 Å². The van der Waals surface area contributed by atoms with Crippen molar-refractivity contribution in [3.63, 3.8) is 0 Å². The molecule has 3 nitrogen and oxygen atoms in total. The predicted molar refractivity (Wildman–Crippen MR) is 79.4 cm³/mol. The van der Waals surface area contributed by atoms with Gasteiger partial charge in [0.1, 0.15) is 5.69 Å². The van der Waals surface area contributed by atoms with E-state index in [2.05, 4.69) is 21.2 Å². The summed E-state index contributed by atoms with van der Waals surface area (Å²) in [7, 11) is 0. The van der Waals surface area contributed by atoms with E-state index in [0.717, 1.165) is 18.6 Å². The molecule has 112 valence electrons. The topological polar surface area (TPSA) is 55.1 Å². The molecular weight excluding hydrogens is 330 g/mol. The highest BCUT2D eigenvalue weighted by molar-refractivity contribution is 9.10. The molecule has 0 saturated carbocycles. The predicted octanol–water partition coefficient (Wildman–Crippen LogP) is 3.82. The Bertz CT molecular complexity index is 469. The SMILES string of the molecule is CC(C)(CCN)CCC(=O)Nc1c(F)cc(Br)cc1F. The van der Waals surface area contributed by atoms with Crippen molar-refractivity contribution in [2.45, 2.75) is 33.1 Å². The molecule has 0 heterocycles. The van der Waals surface area contributed by atoms with Gasteiger partial charge in [-0.2, -0.15) is 0 Å². The molecule has 20 heavy (non-hydrogen) atoms. The van der Waals surface area contributed by atoms with Crippen molar-refractivity contribution < 1.29 is 13.6 Å². The number of amides is 1. The zero-order valence-corrected chi connectivity index (χ0v) is 13.2. The lowest BCUT2D eigenvalue weighted by atomic mass is 9.84. The lowest BCUT2D eigenvalue weighted by Crippen LogP contribution is -2.21. The van der Waals surface area contributed by atoms with Gasteiger partial charge in [-0.15, -0.1) is 0 Å². The van der Waals surface area contributed by atoms with Crippen LogP contribution < -0.4 is 11.1 Å². The molecule has 1 amide bonds. The molecule has 0 radical (unpaired) electrons. The molecule has 0 fully saturated rings. The Morgan fingerprint density at radius 3 is 2.35 bits per heavy atom. The van der Waals surface area contributed by atoms with Crippen LogP contribution in [-0.4, -0.2) is 12.5 Å². The van der Waals surface area contributed by atoms with Crippen LogP contribution >= 0.6 is 15.9 Å². The van der Waals surface area contributed by atoms with E-state index in [1.807, 2.05) is 13.8 Å². The second kappa shape index (κ2) is 7.13. The molecule has 1 aromatic carbocycles. The summed E-state index contributed by atoms with van der Waals surface area (Å²) >= 11 is 2.98. The van der Waals surface area contributed by atoms with E-state index in [4.69, 9.17) is 5.73 Å². The van der Waals surface area contributed by atoms with E-state index in [9.17, 15) is 13.6 Å². The molecule has 1 rings (SSSR count). The van der Waals surface area contributed by atoms with Gasteiger partial charge in [0.2, 0.25) is 5.91 Å². The first-order valence-corrected chi connectivity index (χ1v) is 7.19. The van der Waals surface area contributed by atoms with Crippen molar-refractivity contribution in [2.75, 3.05) is 11.9 Å². The number of nitrogens with two attached hydrogens (primary N) is 1. The minimum Gasteiger partial charge on any atom is -0.330 e. The second-order valence-electron chi connectivity index (χ2n) is 5.50. The first-order valence-electron chi connectivity index (χ1n) is 6.39. The Morgan fingerprint density at radius 1 is 1.30 bits per heavy atom. The number of hydrogen-bond acceptors (Lipinski definition) is 2. The maximum atomic E-state index is 13.6. The third-order valence-electron chi connectivity index (χ3n) is 3.12. The first kappa shape index (κ1) is 17.0. The average Bonchev–Trinajstić information content (AvgIpc) is 2.31. The first-order chi connectivity index (χ1) is 9.25. The molecule has 0 aromatic heterocycles.